The van der Waals surface area contributed by atoms with Crippen LogP contribution in [-0.2, 0) is 0 Å². The van der Waals surface area contributed by atoms with Crippen LogP contribution in [0.5, 0.6) is 5.75 Å². The standard InChI is InChI=1S/C10H9BrOS/c1-2-12-8-3-4-9-7(10(8)11)5-6-13-9/h3-6H,2H2,1H3. The average molecular weight is 257 g/mol. The van der Waals surface area contributed by atoms with Gasteiger partial charge >= 0.3 is 0 Å². The minimum atomic E-state index is 0.703. The van der Waals surface area contributed by atoms with Crippen LogP contribution in [0.4, 0.5) is 0 Å². The van der Waals surface area contributed by atoms with Gasteiger partial charge in [-0.15, -0.1) is 11.3 Å². The molecule has 1 aromatic heterocycles. The maximum atomic E-state index is 5.47. The first-order chi connectivity index (χ1) is 6.33. The van der Waals surface area contributed by atoms with Gasteiger partial charge in [0.1, 0.15) is 5.75 Å². The molecule has 0 bridgehead atoms. The Labute approximate surface area is 89.5 Å². The van der Waals surface area contributed by atoms with E-state index < -0.39 is 0 Å². The van der Waals surface area contributed by atoms with Crippen molar-refractivity contribution in [2.45, 2.75) is 6.92 Å². The van der Waals surface area contributed by atoms with Gasteiger partial charge in [-0.25, -0.2) is 0 Å². The summed E-state index contributed by atoms with van der Waals surface area (Å²) in [5.41, 5.74) is 0. The highest BCUT2D eigenvalue weighted by atomic mass is 79.9. The number of ether oxygens (including phenoxy) is 1. The summed E-state index contributed by atoms with van der Waals surface area (Å²) in [5, 5.41) is 3.32. The lowest BCUT2D eigenvalue weighted by atomic mass is 10.2. The number of rotatable bonds is 2. The number of thiophene rings is 1. The SMILES string of the molecule is CCOc1ccc2sccc2c1Br. The van der Waals surface area contributed by atoms with E-state index in [0.29, 0.717) is 6.61 Å². The molecule has 3 heteroatoms. The Hall–Kier alpha value is -0.540. The average Bonchev–Trinajstić information content (AvgIpc) is 2.58. The first kappa shape index (κ1) is 9.03. The number of hydrogen-bond donors (Lipinski definition) is 0. The fourth-order valence-corrected chi connectivity index (χ4v) is 2.77. The molecular formula is C10H9BrOS. The van der Waals surface area contributed by atoms with Crippen molar-refractivity contribution in [3.63, 3.8) is 0 Å². The maximum Gasteiger partial charge on any atom is 0.134 e. The van der Waals surface area contributed by atoms with Crippen molar-refractivity contribution in [1.82, 2.24) is 0 Å². The van der Waals surface area contributed by atoms with Crippen LogP contribution in [-0.4, -0.2) is 6.61 Å². The van der Waals surface area contributed by atoms with Crippen LogP contribution in [0.2, 0.25) is 0 Å². The largest absolute Gasteiger partial charge is 0.493 e. The monoisotopic (exact) mass is 256 g/mol. The molecule has 2 rings (SSSR count). The summed E-state index contributed by atoms with van der Waals surface area (Å²) < 4.78 is 7.82. The Kier molecular flexibility index (Phi) is 2.56. The second kappa shape index (κ2) is 3.68. The molecule has 0 saturated heterocycles. The van der Waals surface area contributed by atoms with E-state index in [2.05, 4.69) is 33.4 Å². The third-order valence-electron chi connectivity index (χ3n) is 1.83. The van der Waals surface area contributed by atoms with E-state index in [1.54, 1.807) is 11.3 Å². The molecule has 0 unspecified atom stereocenters. The number of benzene rings is 1. The number of hydrogen-bond acceptors (Lipinski definition) is 2. The molecule has 0 N–H and O–H groups in total. The van der Waals surface area contributed by atoms with E-state index in [1.165, 1.54) is 10.1 Å². The second-order valence-electron chi connectivity index (χ2n) is 2.64. The van der Waals surface area contributed by atoms with E-state index in [-0.39, 0.29) is 0 Å². The lowest BCUT2D eigenvalue weighted by Crippen LogP contribution is -1.91. The Morgan fingerprint density at radius 3 is 3.00 bits per heavy atom. The summed E-state index contributed by atoms with van der Waals surface area (Å²) in [5.74, 6) is 0.924. The molecule has 0 fully saturated rings. The Balaban J connectivity index is 2.59. The molecule has 0 aliphatic rings. The first-order valence-corrected chi connectivity index (χ1v) is 5.78. The van der Waals surface area contributed by atoms with Gasteiger partial charge in [-0.2, -0.15) is 0 Å². The van der Waals surface area contributed by atoms with Gasteiger partial charge in [0.15, 0.2) is 0 Å². The normalized spacial score (nSPS) is 10.6. The van der Waals surface area contributed by atoms with Crippen molar-refractivity contribution in [2.24, 2.45) is 0 Å². The van der Waals surface area contributed by atoms with E-state index >= 15 is 0 Å². The molecule has 2 aromatic rings. The predicted molar refractivity (Wildman–Crippen MR) is 60.7 cm³/mol. The van der Waals surface area contributed by atoms with Crippen LogP contribution in [0.1, 0.15) is 6.92 Å². The molecule has 0 saturated carbocycles. The molecule has 0 amide bonds. The molecule has 0 aliphatic heterocycles. The van der Waals surface area contributed by atoms with Crippen molar-refractivity contribution >= 4 is 37.4 Å². The third-order valence-corrected chi connectivity index (χ3v) is 3.53. The van der Waals surface area contributed by atoms with Gasteiger partial charge in [-0.05, 0) is 46.4 Å². The second-order valence-corrected chi connectivity index (χ2v) is 4.38. The summed E-state index contributed by atoms with van der Waals surface area (Å²) in [4.78, 5) is 0. The highest BCUT2D eigenvalue weighted by Gasteiger charge is 2.05. The summed E-state index contributed by atoms with van der Waals surface area (Å²) in [6, 6.07) is 6.20. The fraction of sp³-hybridized carbons (Fsp3) is 0.200. The predicted octanol–water partition coefficient (Wildman–Crippen LogP) is 4.06. The summed E-state index contributed by atoms with van der Waals surface area (Å²) in [6.45, 7) is 2.69. The fourth-order valence-electron chi connectivity index (χ4n) is 1.26. The number of fused-ring (bicyclic) bond motifs is 1. The third kappa shape index (κ3) is 1.58. The van der Waals surface area contributed by atoms with Crippen molar-refractivity contribution in [1.29, 1.82) is 0 Å². The molecular weight excluding hydrogens is 248 g/mol. The van der Waals surface area contributed by atoms with Crippen LogP contribution < -0.4 is 4.74 Å². The molecule has 0 aliphatic carbocycles. The van der Waals surface area contributed by atoms with Gasteiger partial charge in [0.2, 0.25) is 0 Å². The van der Waals surface area contributed by atoms with E-state index in [1.807, 2.05) is 13.0 Å². The Morgan fingerprint density at radius 1 is 1.38 bits per heavy atom. The summed E-state index contributed by atoms with van der Waals surface area (Å²) >= 11 is 5.29. The zero-order valence-electron chi connectivity index (χ0n) is 7.21. The minimum Gasteiger partial charge on any atom is -0.493 e. The van der Waals surface area contributed by atoms with Gasteiger partial charge in [-0.3, -0.25) is 0 Å². The molecule has 1 heterocycles. The molecule has 1 nitrogen and oxygen atoms in total. The Bertz CT molecular complexity index is 422. The minimum absolute atomic E-state index is 0.703. The van der Waals surface area contributed by atoms with Crippen LogP contribution in [0, 0.1) is 0 Å². The molecule has 0 atom stereocenters. The maximum absolute atomic E-state index is 5.47. The molecule has 0 spiro atoms. The first-order valence-electron chi connectivity index (χ1n) is 4.11. The van der Waals surface area contributed by atoms with Crippen LogP contribution in [0.15, 0.2) is 28.1 Å². The van der Waals surface area contributed by atoms with Crippen molar-refractivity contribution < 1.29 is 4.74 Å². The van der Waals surface area contributed by atoms with E-state index in [4.69, 9.17) is 4.74 Å². The van der Waals surface area contributed by atoms with Gasteiger partial charge in [-0.1, -0.05) is 0 Å². The van der Waals surface area contributed by atoms with Gasteiger partial charge < -0.3 is 4.74 Å². The van der Waals surface area contributed by atoms with Crippen molar-refractivity contribution in [3.8, 4) is 5.75 Å². The van der Waals surface area contributed by atoms with Crippen molar-refractivity contribution in [3.05, 3.63) is 28.1 Å². The zero-order chi connectivity index (χ0) is 9.26. The summed E-state index contributed by atoms with van der Waals surface area (Å²) in [7, 11) is 0. The van der Waals surface area contributed by atoms with Crippen LogP contribution >= 0.6 is 27.3 Å². The molecule has 0 radical (unpaired) electrons. The summed E-state index contributed by atoms with van der Waals surface area (Å²) in [6.07, 6.45) is 0. The topological polar surface area (TPSA) is 9.23 Å². The molecule has 1 aromatic carbocycles. The van der Waals surface area contributed by atoms with Gasteiger partial charge in [0.25, 0.3) is 0 Å². The van der Waals surface area contributed by atoms with Crippen LogP contribution in [0.3, 0.4) is 0 Å². The number of halogens is 1. The van der Waals surface area contributed by atoms with Gasteiger partial charge in [0, 0.05) is 10.1 Å². The lowest BCUT2D eigenvalue weighted by Gasteiger charge is -2.05. The van der Waals surface area contributed by atoms with E-state index in [0.717, 1.165) is 10.2 Å². The smallest absolute Gasteiger partial charge is 0.134 e. The zero-order valence-corrected chi connectivity index (χ0v) is 9.61. The van der Waals surface area contributed by atoms with E-state index in [9.17, 15) is 0 Å². The van der Waals surface area contributed by atoms with Crippen LogP contribution in [0.25, 0.3) is 10.1 Å². The quantitative estimate of drug-likeness (QED) is 0.788. The van der Waals surface area contributed by atoms with Crippen molar-refractivity contribution in [2.75, 3.05) is 6.61 Å². The lowest BCUT2D eigenvalue weighted by molar-refractivity contribution is 0.339. The van der Waals surface area contributed by atoms with Gasteiger partial charge in [0.05, 0.1) is 11.1 Å². The highest BCUT2D eigenvalue weighted by Crippen LogP contribution is 2.35. The molecule has 13 heavy (non-hydrogen) atoms. The molecule has 68 valence electrons. The highest BCUT2D eigenvalue weighted by molar-refractivity contribution is 9.10. The Morgan fingerprint density at radius 2 is 2.23 bits per heavy atom.